The zero-order valence-corrected chi connectivity index (χ0v) is 31.6. The lowest BCUT2D eigenvalue weighted by atomic mass is 9.97. The highest BCUT2D eigenvalue weighted by Gasteiger charge is 2.50. The summed E-state index contributed by atoms with van der Waals surface area (Å²) in [5.41, 5.74) is 0. The van der Waals surface area contributed by atoms with Gasteiger partial charge in [0.1, 0.15) is 48.8 Å². The summed E-state index contributed by atoms with van der Waals surface area (Å²) in [6.07, 6.45) is 6.08. The van der Waals surface area contributed by atoms with Gasteiger partial charge in [0.05, 0.1) is 32.0 Å². The molecule has 0 saturated carbocycles. The Morgan fingerprint density at radius 1 is 0.673 bits per heavy atom. The molecule has 0 aromatic heterocycles. The molecule has 2 saturated heterocycles. The van der Waals surface area contributed by atoms with Gasteiger partial charge < -0.3 is 65.1 Å². The van der Waals surface area contributed by atoms with Crippen molar-refractivity contribution in [3.8, 4) is 0 Å². The number of rotatable bonds is 28. The van der Waals surface area contributed by atoms with E-state index in [2.05, 4.69) is 19.2 Å². The first kappa shape index (κ1) is 46.9. The number of amides is 1. The third kappa shape index (κ3) is 16.6. The van der Waals surface area contributed by atoms with Crippen LogP contribution in [0.5, 0.6) is 0 Å². The zero-order valence-electron chi connectivity index (χ0n) is 31.6. The number of aliphatic hydroxyl groups is 8. The Hall–Kier alpha value is -1.27. The van der Waals surface area contributed by atoms with Crippen LogP contribution in [-0.4, -0.2) is 140 Å². The van der Waals surface area contributed by atoms with Crippen LogP contribution in [0.2, 0.25) is 0 Å². The molecule has 52 heavy (non-hydrogen) atoms. The molecule has 2 aliphatic rings. The summed E-state index contributed by atoms with van der Waals surface area (Å²) in [7, 11) is 0. The van der Waals surface area contributed by atoms with Crippen LogP contribution < -0.4 is 5.32 Å². The van der Waals surface area contributed by atoms with Crippen LogP contribution in [0.4, 0.5) is 0 Å². The standard InChI is InChI=1S/C38H71NO13/c1-3-5-7-9-10-11-12-13-14-15-16-18-19-21-27(42)26(39-30(43)22-20-17-8-6-4-2)25-49-37-35(48)33(46)36(29(24-41)51-37)52-38-34(47)32(45)31(44)28(23-40)50-38/h19,21,26-29,31-38,40-42,44-48H,3-18,20,22-25H2,1-2H3,(H,39,43)/b21-19+/t26-,27+,28?,29?,31-,32?,33?,34?,35?,36+,37+,38-/m0/s1. The Bertz CT molecular complexity index is 941. The second kappa shape index (κ2) is 27.3. The lowest BCUT2D eigenvalue weighted by molar-refractivity contribution is -0.359. The van der Waals surface area contributed by atoms with Crippen molar-refractivity contribution in [2.45, 2.75) is 203 Å². The van der Waals surface area contributed by atoms with Gasteiger partial charge >= 0.3 is 0 Å². The molecular formula is C38H71NO13. The molecule has 12 atom stereocenters. The van der Waals surface area contributed by atoms with Crippen LogP contribution >= 0.6 is 0 Å². The minimum atomic E-state index is -1.78. The average Bonchev–Trinajstić information content (AvgIpc) is 3.14. The highest BCUT2D eigenvalue weighted by molar-refractivity contribution is 5.76. The normalized spacial score (nSPS) is 30.8. The third-order valence-corrected chi connectivity index (χ3v) is 9.97. The van der Waals surface area contributed by atoms with Gasteiger partial charge in [0.2, 0.25) is 5.91 Å². The molecule has 0 spiro atoms. The third-order valence-electron chi connectivity index (χ3n) is 9.97. The molecular weight excluding hydrogens is 678 g/mol. The fourth-order valence-electron chi connectivity index (χ4n) is 6.58. The number of allylic oxidation sites excluding steroid dienone is 1. The van der Waals surface area contributed by atoms with Gasteiger partial charge in [-0.15, -0.1) is 0 Å². The summed E-state index contributed by atoms with van der Waals surface area (Å²) in [4.78, 5) is 12.8. The van der Waals surface area contributed by atoms with E-state index < -0.39 is 86.8 Å². The number of unbranched alkanes of at least 4 members (excludes halogenated alkanes) is 15. The smallest absolute Gasteiger partial charge is 0.220 e. The Balaban J connectivity index is 1.93. The van der Waals surface area contributed by atoms with Crippen molar-refractivity contribution in [3.63, 3.8) is 0 Å². The number of carbonyl (C=O) groups is 1. The number of ether oxygens (including phenoxy) is 4. The minimum Gasteiger partial charge on any atom is -0.394 e. The van der Waals surface area contributed by atoms with Crippen molar-refractivity contribution >= 4 is 5.91 Å². The van der Waals surface area contributed by atoms with Gasteiger partial charge in [-0.05, 0) is 19.3 Å². The van der Waals surface area contributed by atoms with Gasteiger partial charge in [-0.25, -0.2) is 0 Å². The van der Waals surface area contributed by atoms with Crippen LogP contribution in [0.1, 0.15) is 129 Å². The molecule has 306 valence electrons. The lowest BCUT2D eigenvalue weighted by Crippen LogP contribution is -2.65. The lowest BCUT2D eigenvalue weighted by Gasteiger charge is -2.46. The maximum absolute atomic E-state index is 12.8. The SMILES string of the molecule is CCCCCCCCCCCCC/C=C/[C@@H](O)[C@H](CO[C@@H]1OC(CO)[C@@H](O[C@@H]2OC(CO)[C@H](O)C(O)C2O)C(O)C1O)NC(=O)CCCCCCC. The van der Waals surface area contributed by atoms with Gasteiger partial charge in [-0.1, -0.05) is 116 Å². The first-order chi connectivity index (χ1) is 25.1. The van der Waals surface area contributed by atoms with Crippen LogP contribution in [-0.2, 0) is 23.7 Å². The molecule has 2 fully saturated rings. The predicted molar refractivity (Wildman–Crippen MR) is 194 cm³/mol. The van der Waals surface area contributed by atoms with E-state index in [9.17, 15) is 45.6 Å². The van der Waals surface area contributed by atoms with Gasteiger partial charge in [0.15, 0.2) is 12.6 Å². The van der Waals surface area contributed by atoms with Crippen LogP contribution in [0.3, 0.4) is 0 Å². The number of nitrogens with one attached hydrogen (secondary N) is 1. The second-order valence-electron chi connectivity index (χ2n) is 14.4. The van der Waals surface area contributed by atoms with E-state index in [0.29, 0.717) is 6.42 Å². The predicted octanol–water partition coefficient (Wildman–Crippen LogP) is 2.09. The maximum atomic E-state index is 12.8. The molecule has 2 aliphatic heterocycles. The van der Waals surface area contributed by atoms with Crippen LogP contribution in [0, 0.1) is 0 Å². The Morgan fingerprint density at radius 2 is 1.19 bits per heavy atom. The number of carbonyl (C=O) groups excluding carboxylic acids is 1. The largest absolute Gasteiger partial charge is 0.394 e. The molecule has 2 heterocycles. The molecule has 0 aliphatic carbocycles. The monoisotopic (exact) mass is 749 g/mol. The summed E-state index contributed by atoms with van der Waals surface area (Å²) in [6.45, 7) is 2.64. The van der Waals surface area contributed by atoms with Crippen molar-refractivity contribution in [2.75, 3.05) is 19.8 Å². The van der Waals surface area contributed by atoms with Gasteiger partial charge in [0.25, 0.3) is 0 Å². The first-order valence-corrected chi connectivity index (χ1v) is 19.9. The van der Waals surface area contributed by atoms with Crippen molar-refractivity contribution in [1.82, 2.24) is 5.32 Å². The van der Waals surface area contributed by atoms with E-state index in [1.165, 1.54) is 57.8 Å². The Morgan fingerprint density at radius 3 is 1.77 bits per heavy atom. The van der Waals surface area contributed by atoms with Crippen molar-refractivity contribution in [2.24, 2.45) is 0 Å². The number of hydrogen-bond acceptors (Lipinski definition) is 13. The quantitative estimate of drug-likeness (QED) is 0.0413. The topological polar surface area (TPSA) is 228 Å². The Labute approximate surface area is 310 Å². The van der Waals surface area contributed by atoms with E-state index >= 15 is 0 Å². The molecule has 9 N–H and O–H groups in total. The molecule has 0 aromatic carbocycles. The summed E-state index contributed by atoms with van der Waals surface area (Å²) < 4.78 is 22.5. The van der Waals surface area contributed by atoms with Crippen molar-refractivity contribution in [1.29, 1.82) is 0 Å². The molecule has 1 amide bonds. The van der Waals surface area contributed by atoms with Gasteiger partial charge in [-0.3, -0.25) is 4.79 Å². The van der Waals surface area contributed by atoms with E-state index in [1.54, 1.807) is 6.08 Å². The van der Waals surface area contributed by atoms with Crippen molar-refractivity contribution in [3.05, 3.63) is 12.2 Å². The van der Waals surface area contributed by atoms with E-state index in [4.69, 9.17) is 18.9 Å². The summed E-state index contributed by atoms with van der Waals surface area (Å²) in [6, 6.07) is -0.902. The van der Waals surface area contributed by atoms with Crippen LogP contribution in [0.15, 0.2) is 12.2 Å². The Kier molecular flexibility index (Phi) is 24.6. The maximum Gasteiger partial charge on any atom is 0.220 e. The summed E-state index contributed by atoms with van der Waals surface area (Å²) >= 11 is 0. The molecule has 6 unspecified atom stereocenters. The molecule has 14 heteroatoms. The van der Waals surface area contributed by atoms with E-state index in [-0.39, 0.29) is 18.9 Å². The molecule has 0 radical (unpaired) electrons. The molecule has 0 aromatic rings. The minimum absolute atomic E-state index is 0.255. The van der Waals surface area contributed by atoms with Gasteiger partial charge in [-0.2, -0.15) is 0 Å². The summed E-state index contributed by atoms with van der Waals surface area (Å²) in [5.74, 6) is -0.255. The fourth-order valence-corrected chi connectivity index (χ4v) is 6.58. The molecule has 14 nitrogen and oxygen atoms in total. The first-order valence-electron chi connectivity index (χ1n) is 19.9. The molecule has 2 rings (SSSR count). The number of hydrogen-bond donors (Lipinski definition) is 9. The highest BCUT2D eigenvalue weighted by Crippen LogP contribution is 2.29. The van der Waals surface area contributed by atoms with Crippen molar-refractivity contribution < 1.29 is 64.6 Å². The van der Waals surface area contributed by atoms with E-state index in [0.717, 1.165) is 44.9 Å². The van der Waals surface area contributed by atoms with Crippen LogP contribution in [0.25, 0.3) is 0 Å². The fraction of sp³-hybridized carbons (Fsp3) is 0.921. The van der Waals surface area contributed by atoms with Gasteiger partial charge in [0, 0.05) is 6.42 Å². The summed E-state index contributed by atoms with van der Waals surface area (Å²) in [5, 5.41) is 85.8. The van der Waals surface area contributed by atoms with E-state index in [1.807, 2.05) is 6.08 Å². The average molecular weight is 750 g/mol. The number of aliphatic hydroxyl groups excluding tert-OH is 8. The zero-order chi connectivity index (χ0) is 38.3. The molecule has 0 bridgehead atoms. The second-order valence-corrected chi connectivity index (χ2v) is 14.4. The highest BCUT2D eigenvalue weighted by atomic mass is 16.7.